The number of hydrogen-bond acceptors (Lipinski definition) is 1. The van der Waals surface area contributed by atoms with Crippen molar-refractivity contribution in [2.75, 3.05) is 0 Å². The number of nitrogens with two attached hydrogens (primary N) is 1. The number of fused-ring (bicyclic) bond motifs is 1. The van der Waals surface area contributed by atoms with Crippen LogP contribution in [-0.4, -0.2) is 5.78 Å². The number of benzene rings is 2. The predicted octanol–water partition coefficient (Wildman–Crippen LogP) is 3.42. The van der Waals surface area contributed by atoms with Crippen LogP contribution < -0.4 is 5.32 Å². The van der Waals surface area contributed by atoms with Gasteiger partial charge < -0.3 is 5.32 Å². The minimum Gasteiger partial charge on any atom is -0.333 e. The molecule has 1 saturated heterocycles. The molecule has 1 aliphatic heterocycles. The van der Waals surface area contributed by atoms with Crippen LogP contribution in [0.25, 0.3) is 0 Å². The Bertz CT molecular complexity index is 696. The lowest BCUT2D eigenvalue weighted by Crippen LogP contribution is -2.84. The van der Waals surface area contributed by atoms with Crippen molar-refractivity contribution in [3.05, 3.63) is 71.8 Å². The smallest absolute Gasteiger partial charge is 0.143 e. The maximum Gasteiger partial charge on any atom is 0.143 e. The van der Waals surface area contributed by atoms with Gasteiger partial charge in [-0.2, -0.15) is 0 Å². The van der Waals surface area contributed by atoms with E-state index in [0.29, 0.717) is 11.8 Å². The zero-order valence-corrected chi connectivity index (χ0v) is 13.6. The molecule has 2 aromatic carbocycles. The molecule has 1 heterocycles. The van der Waals surface area contributed by atoms with Crippen LogP contribution in [-0.2, 0) is 4.79 Å². The van der Waals surface area contributed by atoms with E-state index >= 15 is 0 Å². The molecule has 4 atom stereocenters. The molecule has 0 aromatic heterocycles. The molecular weight excluding hydrogens is 282 g/mol. The van der Waals surface area contributed by atoms with Gasteiger partial charge in [0.1, 0.15) is 17.9 Å². The minimum absolute atomic E-state index is 0.0528. The summed E-state index contributed by atoms with van der Waals surface area (Å²) in [5.74, 6) is 0.589. The average Bonchev–Trinajstić information content (AvgIpc) is 2.91. The lowest BCUT2D eigenvalue weighted by molar-refractivity contribution is -0.720. The third-order valence-electron chi connectivity index (χ3n) is 6.01. The van der Waals surface area contributed by atoms with Gasteiger partial charge in [-0.15, -0.1) is 0 Å². The van der Waals surface area contributed by atoms with Gasteiger partial charge in [-0.3, -0.25) is 4.79 Å². The Kier molecular flexibility index (Phi) is 3.57. The van der Waals surface area contributed by atoms with E-state index < -0.39 is 0 Å². The Hall–Kier alpha value is -1.93. The highest BCUT2D eigenvalue weighted by molar-refractivity contribution is 5.83. The van der Waals surface area contributed by atoms with Crippen molar-refractivity contribution in [1.29, 1.82) is 0 Å². The van der Waals surface area contributed by atoms with E-state index in [1.807, 2.05) is 0 Å². The zero-order chi connectivity index (χ0) is 15.9. The van der Waals surface area contributed by atoms with Crippen LogP contribution in [0.3, 0.4) is 0 Å². The second kappa shape index (κ2) is 5.61. The summed E-state index contributed by atoms with van der Waals surface area (Å²) >= 11 is 0. The molecule has 0 bridgehead atoms. The Labute approximate surface area is 137 Å². The largest absolute Gasteiger partial charge is 0.333 e. The molecule has 0 amide bonds. The zero-order valence-electron chi connectivity index (χ0n) is 13.6. The van der Waals surface area contributed by atoms with Gasteiger partial charge in [0.2, 0.25) is 0 Å². The maximum atomic E-state index is 12.8. The molecule has 2 aliphatic rings. The molecule has 2 fully saturated rings. The van der Waals surface area contributed by atoms with E-state index in [1.165, 1.54) is 11.1 Å². The van der Waals surface area contributed by atoms with Gasteiger partial charge in [0.05, 0.1) is 5.92 Å². The first-order valence-electron chi connectivity index (χ1n) is 8.68. The highest BCUT2D eigenvalue weighted by Crippen LogP contribution is 2.54. The van der Waals surface area contributed by atoms with Crippen LogP contribution >= 0.6 is 0 Å². The molecule has 23 heavy (non-hydrogen) atoms. The molecule has 1 aliphatic carbocycles. The number of ketones is 1. The van der Waals surface area contributed by atoms with Crippen molar-refractivity contribution in [2.24, 2.45) is 11.3 Å². The highest BCUT2D eigenvalue weighted by atomic mass is 16.1. The van der Waals surface area contributed by atoms with Crippen LogP contribution in [0, 0.1) is 11.3 Å². The van der Waals surface area contributed by atoms with E-state index in [9.17, 15) is 4.79 Å². The van der Waals surface area contributed by atoms with E-state index in [2.05, 4.69) is 72.9 Å². The molecule has 4 rings (SSSR count). The summed E-state index contributed by atoms with van der Waals surface area (Å²) < 4.78 is 0. The van der Waals surface area contributed by atoms with Crippen molar-refractivity contribution >= 4 is 5.78 Å². The first-order valence-corrected chi connectivity index (χ1v) is 8.68. The lowest BCUT2D eigenvalue weighted by Gasteiger charge is -2.36. The number of carbonyl (C=O) groups excluding carboxylic acids is 1. The fourth-order valence-electron chi connectivity index (χ4n) is 4.95. The number of rotatable bonds is 2. The Morgan fingerprint density at radius 2 is 1.57 bits per heavy atom. The Morgan fingerprint density at radius 3 is 2.22 bits per heavy atom. The summed E-state index contributed by atoms with van der Waals surface area (Å²) in [7, 11) is 0. The van der Waals surface area contributed by atoms with Crippen molar-refractivity contribution < 1.29 is 10.1 Å². The summed E-state index contributed by atoms with van der Waals surface area (Å²) in [6, 6.07) is 21.9. The van der Waals surface area contributed by atoms with Gasteiger partial charge in [-0.1, -0.05) is 67.6 Å². The average molecular weight is 306 g/mol. The molecule has 0 radical (unpaired) electrons. The van der Waals surface area contributed by atoms with Gasteiger partial charge in [-0.25, -0.2) is 0 Å². The standard InChI is InChI=1S/C21H23NO/c1-21-14-8-13-17(23)18(21)19(15-9-4-2-5-10-15)22-20(21)16-11-6-3-7-12-16/h2-7,9-12,18-20,22H,8,13-14H2,1H3/p+1/t18-,19+,20-,21-/m1/s1. The monoisotopic (exact) mass is 306 g/mol. The third-order valence-corrected chi connectivity index (χ3v) is 6.01. The summed E-state index contributed by atoms with van der Waals surface area (Å²) in [6.45, 7) is 2.34. The molecule has 0 unspecified atom stereocenters. The summed E-state index contributed by atoms with van der Waals surface area (Å²) in [5.41, 5.74) is 2.70. The second-order valence-corrected chi connectivity index (χ2v) is 7.32. The van der Waals surface area contributed by atoms with E-state index in [4.69, 9.17) is 0 Å². The molecule has 0 spiro atoms. The summed E-state index contributed by atoms with van der Waals surface area (Å²) in [6.07, 6.45) is 2.92. The van der Waals surface area contributed by atoms with Gasteiger partial charge in [0.25, 0.3) is 0 Å². The minimum atomic E-state index is 0.0528. The molecular formula is C21H24NO+. The molecule has 2 aromatic rings. The Morgan fingerprint density at radius 1 is 0.957 bits per heavy atom. The lowest BCUT2D eigenvalue weighted by atomic mass is 9.62. The number of carbonyl (C=O) groups is 1. The second-order valence-electron chi connectivity index (χ2n) is 7.32. The van der Waals surface area contributed by atoms with Crippen molar-refractivity contribution in [1.82, 2.24) is 0 Å². The fraction of sp³-hybridized carbons (Fsp3) is 0.381. The number of quaternary nitrogens is 1. The fourth-order valence-corrected chi connectivity index (χ4v) is 4.95. The quantitative estimate of drug-likeness (QED) is 0.906. The molecule has 2 nitrogen and oxygen atoms in total. The highest BCUT2D eigenvalue weighted by Gasteiger charge is 2.60. The van der Waals surface area contributed by atoms with Gasteiger partial charge >= 0.3 is 0 Å². The van der Waals surface area contributed by atoms with Crippen LogP contribution in [0.2, 0.25) is 0 Å². The Balaban J connectivity index is 1.79. The normalized spacial score (nSPS) is 33.4. The van der Waals surface area contributed by atoms with Crippen LogP contribution in [0.15, 0.2) is 60.7 Å². The number of hydrogen-bond donors (Lipinski definition) is 1. The molecule has 1 saturated carbocycles. The predicted molar refractivity (Wildman–Crippen MR) is 90.7 cm³/mol. The first-order chi connectivity index (χ1) is 11.2. The topological polar surface area (TPSA) is 33.7 Å². The maximum absolute atomic E-state index is 12.8. The molecule has 2 heteroatoms. The van der Waals surface area contributed by atoms with Crippen LogP contribution in [0.4, 0.5) is 0 Å². The van der Waals surface area contributed by atoms with Gasteiger partial charge in [-0.05, 0) is 12.8 Å². The molecule has 2 N–H and O–H groups in total. The van der Waals surface area contributed by atoms with Crippen molar-refractivity contribution in [3.8, 4) is 0 Å². The van der Waals surface area contributed by atoms with Crippen molar-refractivity contribution in [2.45, 2.75) is 38.3 Å². The summed E-state index contributed by atoms with van der Waals surface area (Å²) in [4.78, 5) is 12.8. The summed E-state index contributed by atoms with van der Waals surface area (Å²) in [5, 5.41) is 2.46. The van der Waals surface area contributed by atoms with Crippen LogP contribution in [0.1, 0.15) is 49.4 Å². The molecule has 118 valence electrons. The number of Topliss-reactive ketones (excluding diaryl/α,β-unsaturated/α-hetero) is 1. The van der Waals surface area contributed by atoms with Crippen molar-refractivity contribution in [3.63, 3.8) is 0 Å². The van der Waals surface area contributed by atoms with Gasteiger partial charge in [0.15, 0.2) is 0 Å². The van der Waals surface area contributed by atoms with Crippen LogP contribution in [0.5, 0.6) is 0 Å². The third kappa shape index (κ3) is 2.33. The van der Waals surface area contributed by atoms with Gasteiger partial charge in [0, 0.05) is 23.0 Å². The van der Waals surface area contributed by atoms with E-state index in [0.717, 1.165) is 19.3 Å². The van der Waals surface area contributed by atoms with E-state index in [-0.39, 0.29) is 17.4 Å². The van der Waals surface area contributed by atoms with E-state index in [1.54, 1.807) is 0 Å². The first kappa shape index (κ1) is 14.6. The SMILES string of the molecule is C[C@@]12CCCC(=O)[C@@H]1[C@H](c1ccccc1)[NH2+][C@@H]2c1ccccc1.